The van der Waals surface area contributed by atoms with Crippen molar-refractivity contribution in [3.05, 3.63) is 95.0 Å². The van der Waals surface area contributed by atoms with Gasteiger partial charge in [0.1, 0.15) is 17.7 Å². The van der Waals surface area contributed by atoms with E-state index in [9.17, 15) is 18.8 Å². The van der Waals surface area contributed by atoms with Crippen molar-refractivity contribution in [1.82, 2.24) is 15.3 Å². The van der Waals surface area contributed by atoms with E-state index in [1.54, 1.807) is 12.3 Å². The largest absolute Gasteiger partial charge is 0.454 e. The van der Waals surface area contributed by atoms with Crippen LogP contribution in [0.25, 0.3) is 10.9 Å². The molecule has 2 aromatic carbocycles. The molecule has 0 aliphatic carbocycles. The average Bonchev–Trinajstić information content (AvgIpc) is 3.27. The average molecular weight is 495 g/mol. The highest BCUT2D eigenvalue weighted by Gasteiger charge is 2.25. The van der Waals surface area contributed by atoms with Gasteiger partial charge in [-0.2, -0.15) is 0 Å². The summed E-state index contributed by atoms with van der Waals surface area (Å²) >= 11 is 5.77. The molecular formula is C25H20ClFN4O4. The number of benzene rings is 2. The fraction of sp³-hybridized carbons (Fsp3) is 0.120. The lowest BCUT2D eigenvalue weighted by Crippen LogP contribution is -2.44. The Balaban J connectivity index is 1.46. The molecule has 10 heteroatoms. The second-order valence-corrected chi connectivity index (χ2v) is 8.05. The zero-order valence-electron chi connectivity index (χ0n) is 18.3. The molecule has 3 N–H and O–H groups in total. The number of pyridine rings is 1. The molecule has 0 saturated carbocycles. The van der Waals surface area contributed by atoms with Crippen LogP contribution in [-0.2, 0) is 20.7 Å². The first-order valence-electron chi connectivity index (χ1n) is 10.6. The van der Waals surface area contributed by atoms with E-state index < -0.39 is 36.2 Å². The fourth-order valence-corrected chi connectivity index (χ4v) is 3.53. The van der Waals surface area contributed by atoms with Crippen molar-refractivity contribution in [2.75, 3.05) is 11.9 Å². The Hall–Kier alpha value is -4.24. The Bertz CT molecular complexity index is 1360. The summed E-state index contributed by atoms with van der Waals surface area (Å²) in [4.78, 5) is 44.9. The van der Waals surface area contributed by atoms with Gasteiger partial charge in [-0.15, -0.1) is 0 Å². The number of nitrogens with zero attached hydrogens (tertiary/aromatic N) is 1. The number of nitrogens with one attached hydrogen (secondary N) is 3. The molecule has 4 rings (SSSR count). The quantitative estimate of drug-likeness (QED) is 0.322. The molecule has 8 nitrogen and oxygen atoms in total. The fourth-order valence-electron chi connectivity index (χ4n) is 3.42. The molecule has 4 aromatic rings. The molecule has 35 heavy (non-hydrogen) atoms. The van der Waals surface area contributed by atoms with Crippen molar-refractivity contribution in [1.29, 1.82) is 0 Å². The van der Waals surface area contributed by atoms with Crippen LogP contribution in [0.4, 0.5) is 10.2 Å². The zero-order chi connectivity index (χ0) is 24.8. The summed E-state index contributed by atoms with van der Waals surface area (Å²) in [5.74, 6) is -2.23. The maximum absolute atomic E-state index is 13.2. The number of para-hydroxylation sites is 1. The van der Waals surface area contributed by atoms with E-state index in [4.69, 9.17) is 16.3 Å². The minimum absolute atomic E-state index is 0.107. The van der Waals surface area contributed by atoms with Crippen molar-refractivity contribution in [2.24, 2.45) is 0 Å². The standard InChI is InChI=1S/C25H20ClFN4O4/c26-17-7-10-22(29-13-17)31-23(32)14-35-25(34)21(30-24(33)15-5-8-18(27)9-6-15)11-16-12-28-20-4-2-1-3-19(16)20/h1-10,12-13,21,28H,11,14H2,(H,30,33)(H,29,31,32)/t21-/m0/s1. The van der Waals surface area contributed by atoms with Crippen LogP contribution in [0.15, 0.2) is 73.1 Å². The summed E-state index contributed by atoms with van der Waals surface area (Å²) in [5.41, 5.74) is 1.82. The van der Waals surface area contributed by atoms with Crippen molar-refractivity contribution < 1.29 is 23.5 Å². The minimum atomic E-state index is -1.10. The first kappa shape index (κ1) is 23.9. The van der Waals surface area contributed by atoms with Gasteiger partial charge in [0, 0.05) is 35.3 Å². The van der Waals surface area contributed by atoms with Gasteiger partial charge < -0.3 is 20.4 Å². The van der Waals surface area contributed by atoms with Crippen LogP contribution in [0.5, 0.6) is 0 Å². The summed E-state index contributed by atoms with van der Waals surface area (Å²) in [6, 6.07) is 14.4. The summed E-state index contributed by atoms with van der Waals surface area (Å²) in [6.45, 7) is -0.583. The number of ether oxygens (including phenoxy) is 1. The smallest absolute Gasteiger partial charge is 0.329 e. The molecule has 1 atom stereocenters. The lowest BCUT2D eigenvalue weighted by Gasteiger charge is -2.18. The molecule has 0 unspecified atom stereocenters. The van der Waals surface area contributed by atoms with Gasteiger partial charge in [-0.3, -0.25) is 9.59 Å². The van der Waals surface area contributed by atoms with Gasteiger partial charge in [-0.1, -0.05) is 29.8 Å². The van der Waals surface area contributed by atoms with Crippen LogP contribution in [0.1, 0.15) is 15.9 Å². The monoisotopic (exact) mass is 494 g/mol. The number of amides is 2. The summed E-state index contributed by atoms with van der Waals surface area (Å²) in [7, 11) is 0. The molecule has 0 aliphatic rings. The molecule has 0 radical (unpaired) electrons. The van der Waals surface area contributed by atoms with E-state index in [0.717, 1.165) is 28.6 Å². The molecular weight excluding hydrogens is 475 g/mol. The van der Waals surface area contributed by atoms with Gasteiger partial charge in [0.25, 0.3) is 11.8 Å². The number of halogens is 2. The summed E-state index contributed by atoms with van der Waals surface area (Å²) < 4.78 is 18.4. The second kappa shape index (κ2) is 10.8. The van der Waals surface area contributed by atoms with E-state index in [1.807, 2.05) is 24.3 Å². The number of rotatable bonds is 8. The Morgan fingerprint density at radius 2 is 1.83 bits per heavy atom. The number of aromatic nitrogens is 2. The van der Waals surface area contributed by atoms with E-state index in [0.29, 0.717) is 5.02 Å². The number of carbonyl (C=O) groups excluding carboxylic acids is 3. The number of aromatic amines is 1. The van der Waals surface area contributed by atoms with Crippen LogP contribution >= 0.6 is 11.6 Å². The third kappa shape index (κ3) is 6.21. The first-order chi connectivity index (χ1) is 16.9. The third-order valence-electron chi connectivity index (χ3n) is 5.14. The molecule has 178 valence electrons. The van der Waals surface area contributed by atoms with Crippen LogP contribution in [-0.4, -0.2) is 40.4 Å². The van der Waals surface area contributed by atoms with Gasteiger partial charge in [0.2, 0.25) is 0 Å². The number of hydrogen-bond donors (Lipinski definition) is 3. The first-order valence-corrected chi connectivity index (χ1v) is 11.0. The predicted octanol–water partition coefficient (Wildman–Crippen LogP) is 3.88. The van der Waals surface area contributed by atoms with Gasteiger partial charge in [-0.25, -0.2) is 14.2 Å². The number of anilines is 1. The Labute approximate surface area is 204 Å². The minimum Gasteiger partial charge on any atom is -0.454 e. The maximum Gasteiger partial charge on any atom is 0.329 e. The van der Waals surface area contributed by atoms with Gasteiger partial charge in [-0.05, 0) is 48.0 Å². The maximum atomic E-state index is 13.2. The number of hydrogen-bond acceptors (Lipinski definition) is 5. The topological polar surface area (TPSA) is 113 Å². The molecule has 0 aliphatic heterocycles. The molecule has 2 amide bonds. The molecule has 0 spiro atoms. The van der Waals surface area contributed by atoms with Crippen molar-refractivity contribution in [2.45, 2.75) is 12.5 Å². The number of esters is 1. The highest BCUT2D eigenvalue weighted by molar-refractivity contribution is 6.30. The Kier molecular flexibility index (Phi) is 7.37. The molecule has 0 saturated heterocycles. The predicted molar refractivity (Wildman–Crippen MR) is 128 cm³/mol. The molecule has 0 fully saturated rings. The Morgan fingerprint density at radius 1 is 1.06 bits per heavy atom. The third-order valence-corrected chi connectivity index (χ3v) is 5.36. The molecule has 2 aromatic heterocycles. The Morgan fingerprint density at radius 3 is 2.57 bits per heavy atom. The lowest BCUT2D eigenvalue weighted by molar-refractivity contribution is -0.149. The van der Waals surface area contributed by atoms with Gasteiger partial charge >= 0.3 is 5.97 Å². The van der Waals surface area contributed by atoms with Gasteiger partial charge in [0.05, 0.1) is 5.02 Å². The second-order valence-electron chi connectivity index (χ2n) is 7.61. The normalized spacial score (nSPS) is 11.6. The highest BCUT2D eigenvalue weighted by atomic mass is 35.5. The van der Waals surface area contributed by atoms with E-state index >= 15 is 0 Å². The van der Waals surface area contributed by atoms with Gasteiger partial charge in [0.15, 0.2) is 6.61 Å². The van der Waals surface area contributed by atoms with Crippen LogP contribution < -0.4 is 10.6 Å². The van der Waals surface area contributed by atoms with E-state index in [-0.39, 0.29) is 17.8 Å². The highest BCUT2D eigenvalue weighted by Crippen LogP contribution is 2.20. The summed E-state index contributed by atoms with van der Waals surface area (Å²) in [5, 5.41) is 6.41. The van der Waals surface area contributed by atoms with Crippen LogP contribution in [0, 0.1) is 5.82 Å². The van der Waals surface area contributed by atoms with Crippen molar-refractivity contribution >= 4 is 46.1 Å². The number of H-pyrrole nitrogens is 1. The molecule has 2 heterocycles. The molecule has 0 bridgehead atoms. The van der Waals surface area contributed by atoms with Crippen LogP contribution in [0.2, 0.25) is 5.02 Å². The van der Waals surface area contributed by atoms with E-state index in [1.165, 1.54) is 24.4 Å². The lowest BCUT2D eigenvalue weighted by atomic mass is 10.0. The zero-order valence-corrected chi connectivity index (χ0v) is 19.0. The van der Waals surface area contributed by atoms with Crippen LogP contribution in [0.3, 0.4) is 0 Å². The summed E-state index contributed by atoms with van der Waals surface area (Å²) in [6.07, 6.45) is 3.22. The van der Waals surface area contributed by atoms with Crippen molar-refractivity contribution in [3.63, 3.8) is 0 Å². The van der Waals surface area contributed by atoms with E-state index in [2.05, 4.69) is 20.6 Å². The number of carbonyl (C=O) groups is 3. The SMILES string of the molecule is O=C(COC(=O)[C@H](Cc1c[nH]c2ccccc12)NC(=O)c1ccc(F)cc1)Nc1ccc(Cl)cn1. The van der Waals surface area contributed by atoms with Crippen molar-refractivity contribution in [3.8, 4) is 0 Å². The number of fused-ring (bicyclic) bond motifs is 1.